The van der Waals surface area contributed by atoms with Crippen LogP contribution in [-0.4, -0.2) is 35.3 Å². The lowest BCUT2D eigenvalue weighted by Gasteiger charge is -2.02. The van der Waals surface area contributed by atoms with Crippen molar-refractivity contribution >= 4 is 21.4 Å². The van der Waals surface area contributed by atoms with Crippen LogP contribution in [0.2, 0.25) is 0 Å². The number of hydrogen-bond acceptors (Lipinski definition) is 7. The Morgan fingerprint density at radius 3 is 2.69 bits per heavy atom. The molecule has 0 radical (unpaired) electrons. The fourth-order valence-electron chi connectivity index (χ4n) is 2.71. The predicted octanol–water partition coefficient (Wildman–Crippen LogP) is 2.84. The monoisotopic (exact) mass is 412 g/mol. The van der Waals surface area contributed by atoms with E-state index in [4.69, 9.17) is 8.83 Å². The topological polar surface area (TPSA) is 120 Å². The Labute approximate surface area is 165 Å². The number of sulfone groups is 1. The summed E-state index contributed by atoms with van der Waals surface area (Å²) >= 11 is 0. The first-order chi connectivity index (χ1) is 13.9. The molecule has 0 aliphatic rings. The summed E-state index contributed by atoms with van der Waals surface area (Å²) in [5.41, 5.74) is 1.35. The van der Waals surface area contributed by atoms with Gasteiger partial charge in [0.1, 0.15) is 5.76 Å². The zero-order chi connectivity index (χ0) is 20.4. The van der Waals surface area contributed by atoms with Crippen molar-refractivity contribution in [3.8, 4) is 11.3 Å². The van der Waals surface area contributed by atoms with Crippen LogP contribution in [0.25, 0.3) is 11.3 Å². The molecule has 0 atom stereocenters. The number of nitrogens with zero attached hydrogens (tertiary/aromatic N) is 3. The zero-order valence-corrected chi connectivity index (χ0v) is 16.1. The van der Waals surface area contributed by atoms with Crippen LogP contribution in [0.1, 0.15) is 16.2 Å². The number of furan rings is 1. The van der Waals surface area contributed by atoms with Crippen LogP contribution in [0.3, 0.4) is 0 Å². The van der Waals surface area contributed by atoms with Crippen molar-refractivity contribution in [1.82, 2.24) is 14.8 Å². The molecule has 0 saturated heterocycles. The summed E-state index contributed by atoms with van der Waals surface area (Å²) in [5, 5.41) is 6.76. The maximum absolute atomic E-state index is 12.6. The van der Waals surface area contributed by atoms with Crippen molar-refractivity contribution in [2.45, 2.75) is 11.6 Å². The summed E-state index contributed by atoms with van der Waals surface area (Å²) < 4.78 is 35.2. The summed E-state index contributed by atoms with van der Waals surface area (Å²) in [5.74, 6) is 0.364. The van der Waals surface area contributed by atoms with Crippen molar-refractivity contribution in [2.75, 3.05) is 11.6 Å². The molecule has 1 aromatic carbocycles. The molecule has 4 rings (SSSR count). The van der Waals surface area contributed by atoms with E-state index >= 15 is 0 Å². The van der Waals surface area contributed by atoms with E-state index in [1.165, 1.54) is 23.3 Å². The van der Waals surface area contributed by atoms with Gasteiger partial charge in [0.05, 0.1) is 18.4 Å². The van der Waals surface area contributed by atoms with E-state index in [0.717, 1.165) is 11.8 Å². The Bertz CT molecular complexity index is 1250. The number of aromatic nitrogens is 3. The molecule has 0 saturated carbocycles. The van der Waals surface area contributed by atoms with Gasteiger partial charge in [0.25, 0.3) is 5.91 Å². The predicted molar refractivity (Wildman–Crippen MR) is 103 cm³/mol. The maximum Gasteiger partial charge on any atom is 0.278 e. The normalized spacial score (nSPS) is 11.5. The number of rotatable bonds is 6. The van der Waals surface area contributed by atoms with Gasteiger partial charge in [-0.2, -0.15) is 5.10 Å². The minimum absolute atomic E-state index is 0.104. The van der Waals surface area contributed by atoms with E-state index < -0.39 is 15.7 Å². The van der Waals surface area contributed by atoms with Crippen molar-refractivity contribution in [3.05, 3.63) is 72.7 Å². The third-order valence-electron chi connectivity index (χ3n) is 4.03. The van der Waals surface area contributed by atoms with Crippen LogP contribution in [0.5, 0.6) is 0 Å². The Balaban J connectivity index is 1.47. The quantitative estimate of drug-likeness (QED) is 0.517. The van der Waals surface area contributed by atoms with Crippen LogP contribution in [0, 0.1) is 0 Å². The minimum atomic E-state index is -3.41. The highest BCUT2D eigenvalue weighted by Crippen LogP contribution is 2.23. The molecule has 29 heavy (non-hydrogen) atoms. The van der Waals surface area contributed by atoms with Crippen LogP contribution < -0.4 is 5.32 Å². The molecule has 0 fully saturated rings. The number of nitrogens with one attached hydrogen (secondary N) is 1. The van der Waals surface area contributed by atoms with E-state index in [1.807, 2.05) is 30.3 Å². The molecule has 10 heteroatoms. The van der Waals surface area contributed by atoms with Crippen molar-refractivity contribution in [1.29, 1.82) is 0 Å². The van der Waals surface area contributed by atoms with Gasteiger partial charge in [-0.25, -0.2) is 13.4 Å². The highest BCUT2D eigenvalue weighted by Gasteiger charge is 2.19. The molecule has 9 nitrogen and oxygen atoms in total. The second-order valence-electron chi connectivity index (χ2n) is 6.27. The van der Waals surface area contributed by atoms with Crippen LogP contribution in [0.4, 0.5) is 5.69 Å². The van der Waals surface area contributed by atoms with Gasteiger partial charge >= 0.3 is 0 Å². The first-order valence-corrected chi connectivity index (χ1v) is 10.4. The standard InChI is InChI=1S/C19H16N4O5S/c1-29(25,26)16-8-7-15(28-16)11-23-10-14(9-21-23)22-19(24)17-18(27-12-20-17)13-5-3-2-4-6-13/h2-10,12H,11H2,1H3,(H,22,24). The fourth-order valence-corrected chi connectivity index (χ4v) is 3.28. The molecular formula is C19H16N4O5S. The second kappa shape index (κ2) is 7.40. The van der Waals surface area contributed by atoms with Gasteiger partial charge < -0.3 is 14.2 Å². The average molecular weight is 412 g/mol. The fraction of sp³-hybridized carbons (Fsp3) is 0.105. The van der Waals surface area contributed by atoms with Gasteiger partial charge in [0.15, 0.2) is 17.8 Å². The summed E-state index contributed by atoms with van der Waals surface area (Å²) in [6.45, 7) is 0.213. The molecule has 0 spiro atoms. The maximum atomic E-state index is 12.6. The molecule has 0 unspecified atom stereocenters. The van der Waals surface area contributed by atoms with E-state index in [-0.39, 0.29) is 17.3 Å². The SMILES string of the molecule is CS(=O)(=O)c1ccc(Cn2cc(NC(=O)c3ncoc3-c3ccccc3)cn2)o1. The molecule has 0 bridgehead atoms. The van der Waals surface area contributed by atoms with E-state index in [2.05, 4.69) is 15.4 Å². The number of benzene rings is 1. The third-order valence-corrected chi connectivity index (χ3v) is 4.98. The van der Waals surface area contributed by atoms with Gasteiger partial charge in [-0.3, -0.25) is 9.48 Å². The Hall–Kier alpha value is -3.66. The number of carbonyl (C=O) groups excluding carboxylic acids is 1. The summed E-state index contributed by atoms with van der Waals surface area (Å²) in [6.07, 6.45) is 5.37. The molecular weight excluding hydrogens is 396 g/mol. The number of anilines is 1. The van der Waals surface area contributed by atoms with Gasteiger partial charge in [0.2, 0.25) is 14.9 Å². The lowest BCUT2D eigenvalue weighted by Crippen LogP contribution is -2.13. The van der Waals surface area contributed by atoms with Crippen molar-refractivity contribution in [3.63, 3.8) is 0 Å². The number of amides is 1. The third kappa shape index (κ3) is 4.11. The van der Waals surface area contributed by atoms with E-state index in [1.54, 1.807) is 12.3 Å². The second-order valence-corrected chi connectivity index (χ2v) is 8.22. The first-order valence-electron chi connectivity index (χ1n) is 8.51. The lowest BCUT2D eigenvalue weighted by molar-refractivity contribution is 0.102. The Kier molecular flexibility index (Phi) is 4.77. The van der Waals surface area contributed by atoms with Gasteiger partial charge in [-0.1, -0.05) is 30.3 Å². The van der Waals surface area contributed by atoms with Gasteiger partial charge in [-0.15, -0.1) is 0 Å². The molecule has 3 heterocycles. The molecule has 0 aliphatic carbocycles. The van der Waals surface area contributed by atoms with Crippen LogP contribution in [0.15, 0.2) is 75.2 Å². The molecule has 3 aromatic heterocycles. The van der Waals surface area contributed by atoms with Crippen molar-refractivity contribution < 1.29 is 22.0 Å². The van der Waals surface area contributed by atoms with E-state index in [9.17, 15) is 13.2 Å². The molecule has 4 aromatic rings. The van der Waals surface area contributed by atoms with E-state index in [0.29, 0.717) is 17.2 Å². The van der Waals surface area contributed by atoms with Gasteiger partial charge in [0, 0.05) is 18.0 Å². The lowest BCUT2D eigenvalue weighted by atomic mass is 10.1. The summed E-state index contributed by atoms with van der Waals surface area (Å²) in [7, 11) is -3.41. The van der Waals surface area contributed by atoms with Crippen LogP contribution in [-0.2, 0) is 16.4 Å². The number of oxazole rings is 1. The number of carbonyl (C=O) groups is 1. The number of hydrogen-bond donors (Lipinski definition) is 1. The Morgan fingerprint density at radius 2 is 1.97 bits per heavy atom. The minimum Gasteiger partial charge on any atom is -0.448 e. The zero-order valence-electron chi connectivity index (χ0n) is 15.3. The largest absolute Gasteiger partial charge is 0.448 e. The van der Waals surface area contributed by atoms with Gasteiger partial charge in [-0.05, 0) is 12.1 Å². The van der Waals surface area contributed by atoms with Crippen LogP contribution >= 0.6 is 0 Å². The summed E-state index contributed by atoms with van der Waals surface area (Å²) in [4.78, 5) is 16.6. The molecule has 0 aliphatic heterocycles. The summed E-state index contributed by atoms with van der Waals surface area (Å²) in [6, 6.07) is 12.2. The highest BCUT2D eigenvalue weighted by molar-refractivity contribution is 7.90. The highest BCUT2D eigenvalue weighted by atomic mass is 32.2. The molecule has 148 valence electrons. The van der Waals surface area contributed by atoms with Crippen molar-refractivity contribution in [2.24, 2.45) is 0 Å². The molecule has 1 amide bonds. The first kappa shape index (κ1) is 18.7. The smallest absolute Gasteiger partial charge is 0.278 e. The Morgan fingerprint density at radius 1 is 1.17 bits per heavy atom. The average Bonchev–Trinajstić information content (AvgIpc) is 3.42. The molecule has 1 N–H and O–H groups in total.